The SMILES string of the molecule is CCCCCOC(=O)C1(C)COCC1N. The summed E-state index contributed by atoms with van der Waals surface area (Å²) in [6, 6.07) is -0.240. The van der Waals surface area contributed by atoms with Gasteiger partial charge in [-0.25, -0.2) is 0 Å². The van der Waals surface area contributed by atoms with Crippen molar-refractivity contribution >= 4 is 5.97 Å². The van der Waals surface area contributed by atoms with Gasteiger partial charge in [-0.3, -0.25) is 4.79 Å². The number of carbonyl (C=O) groups is 1. The highest BCUT2D eigenvalue weighted by Crippen LogP contribution is 2.28. The zero-order valence-electron chi connectivity index (χ0n) is 9.62. The zero-order chi connectivity index (χ0) is 11.3. The smallest absolute Gasteiger partial charge is 0.315 e. The number of hydrogen-bond acceptors (Lipinski definition) is 4. The van der Waals surface area contributed by atoms with Crippen molar-refractivity contribution in [3.63, 3.8) is 0 Å². The molecule has 2 atom stereocenters. The van der Waals surface area contributed by atoms with Gasteiger partial charge < -0.3 is 15.2 Å². The van der Waals surface area contributed by atoms with Crippen LogP contribution in [0.2, 0.25) is 0 Å². The summed E-state index contributed by atoms with van der Waals surface area (Å²) < 4.78 is 10.4. The molecule has 2 N–H and O–H groups in total. The van der Waals surface area contributed by atoms with E-state index in [1.54, 1.807) is 0 Å². The number of unbranched alkanes of at least 4 members (excludes halogenated alkanes) is 2. The molecule has 15 heavy (non-hydrogen) atoms. The number of rotatable bonds is 5. The Morgan fingerprint density at radius 2 is 2.33 bits per heavy atom. The molecule has 0 amide bonds. The fourth-order valence-electron chi connectivity index (χ4n) is 1.58. The first-order valence-corrected chi connectivity index (χ1v) is 5.62. The maximum atomic E-state index is 11.8. The molecular formula is C11H21NO3. The Morgan fingerprint density at radius 3 is 2.87 bits per heavy atom. The second kappa shape index (κ2) is 5.47. The van der Waals surface area contributed by atoms with E-state index in [1.165, 1.54) is 0 Å². The molecule has 0 radical (unpaired) electrons. The Morgan fingerprint density at radius 1 is 1.60 bits per heavy atom. The molecule has 0 spiro atoms. The van der Waals surface area contributed by atoms with Crippen LogP contribution in [0.4, 0.5) is 0 Å². The zero-order valence-corrected chi connectivity index (χ0v) is 9.62. The Balaban J connectivity index is 2.32. The van der Waals surface area contributed by atoms with E-state index in [0.29, 0.717) is 19.8 Å². The summed E-state index contributed by atoms with van der Waals surface area (Å²) in [5.74, 6) is -0.219. The first-order valence-electron chi connectivity index (χ1n) is 5.62. The minimum absolute atomic E-state index is 0.219. The third kappa shape index (κ3) is 2.92. The molecule has 88 valence electrons. The van der Waals surface area contributed by atoms with Gasteiger partial charge in [-0.05, 0) is 13.3 Å². The standard InChI is InChI=1S/C11H21NO3/c1-3-4-5-6-15-10(13)11(2)8-14-7-9(11)12/h9H,3-8,12H2,1-2H3. The molecule has 4 heteroatoms. The second-order valence-corrected chi connectivity index (χ2v) is 4.38. The summed E-state index contributed by atoms with van der Waals surface area (Å²) in [5, 5.41) is 0. The maximum absolute atomic E-state index is 11.8. The fourth-order valence-corrected chi connectivity index (χ4v) is 1.58. The van der Waals surface area contributed by atoms with Gasteiger partial charge in [0, 0.05) is 6.04 Å². The summed E-state index contributed by atoms with van der Waals surface area (Å²) in [6.07, 6.45) is 3.14. The Bertz CT molecular complexity index is 220. The molecule has 1 heterocycles. The molecule has 1 aliphatic rings. The number of carbonyl (C=O) groups excluding carboxylic acids is 1. The molecule has 4 nitrogen and oxygen atoms in total. The lowest BCUT2D eigenvalue weighted by molar-refractivity contribution is -0.155. The predicted octanol–water partition coefficient (Wildman–Crippen LogP) is 1.08. The van der Waals surface area contributed by atoms with Gasteiger partial charge in [0.2, 0.25) is 0 Å². The number of esters is 1. The summed E-state index contributed by atoms with van der Waals surface area (Å²) in [7, 11) is 0. The summed E-state index contributed by atoms with van der Waals surface area (Å²) in [4.78, 5) is 11.8. The van der Waals surface area contributed by atoms with Crippen molar-refractivity contribution in [2.24, 2.45) is 11.1 Å². The Kier molecular flexibility index (Phi) is 4.54. The van der Waals surface area contributed by atoms with Crippen LogP contribution < -0.4 is 5.73 Å². The molecule has 0 saturated carbocycles. The van der Waals surface area contributed by atoms with E-state index in [-0.39, 0.29) is 12.0 Å². The van der Waals surface area contributed by atoms with Crippen LogP contribution in [0.3, 0.4) is 0 Å². The van der Waals surface area contributed by atoms with Gasteiger partial charge >= 0.3 is 5.97 Å². The van der Waals surface area contributed by atoms with Gasteiger partial charge in [-0.1, -0.05) is 19.8 Å². The monoisotopic (exact) mass is 215 g/mol. The van der Waals surface area contributed by atoms with Crippen LogP contribution in [0.15, 0.2) is 0 Å². The maximum Gasteiger partial charge on any atom is 0.315 e. The van der Waals surface area contributed by atoms with Crippen molar-refractivity contribution in [2.45, 2.75) is 39.2 Å². The lowest BCUT2D eigenvalue weighted by atomic mass is 9.86. The van der Waals surface area contributed by atoms with Gasteiger partial charge in [-0.15, -0.1) is 0 Å². The van der Waals surface area contributed by atoms with Crippen LogP contribution >= 0.6 is 0 Å². The van der Waals surface area contributed by atoms with Gasteiger partial charge in [0.1, 0.15) is 5.41 Å². The molecule has 1 aliphatic heterocycles. The highest BCUT2D eigenvalue weighted by molar-refractivity contribution is 5.78. The molecule has 1 saturated heterocycles. The van der Waals surface area contributed by atoms with E-state index >= 15 is 0 Å². The summed E-state index contributed by atoms with van der Waals surface area (Å²) in [6.45, 7) is 5.24. The van der Waals surface area contributed by atoms with Gasteiger partial charge in [0.15, 0.2) is 0 Å². The fraction of sp³-hybridized carbons (Fsp3) is 0.909. The number of ether oxygens (including phenoxy) is 2. The minimum Gasteiger partial charge on any atom is -0.465 e. The van der Waals surface area contributed by atoms with Crippen LogP contribution in [0.25, 0.3) is 0 Å². The second-order valence-electron chi connectivity index (χ2n) is 4.38. The van der Waals surface area contributed by atoms with Crippen molar-refractivity contribution < 1.29 is 14.3 Å². The molecular weight excluding hydrogens is 194 g/mol. The van der Waals surface area contributed by atoms with Crippen LogP contribution in [0.1, 0.15) is 33.1 Å². The molecule has 0 aliphatic carbocycles. The van der Waals surface area contributed by atoms with Gasteiger partial charge in [0.05, 0.1) is 19.8 Å². The lowest BCUT2D eigenvalue weighted by Gasteiger charge is -2.24. The van der Waals surface area contributed by atoms with Crippen LogP contribution in [-0.2, 0) is 14.3 Å². The van der Waals surface area contributed by atoms with E-state index in [2.05, 4.69) is 6.92 Å². The van der Waals surface area contributed by atoms with E-state index in [1.807, 2.05) is 6.92 Å². The first-order chi connectivity index (χ1) is 7.11. The first kappa shape index (κ1) is 12.5. The summed E-state index contributed by atoms with van der Waals surface area (Å²) in [5.41, 5.74) is 5.17. The molecule has 1 rings (SSSR count). The summed E-state index contributed by atoms with van der Waals surface area (Å²) >= 11 is 0. The van der Waals surface area contributed by atoms with Crippen molar-refractivity contribution in [2.75, 3.05) is 19.8 Å². The lowest BCUT2D eigenvalue weighted by Crippen LogP contribution is -2.45. The topological polar surface area (TPSA) is 61.5 Å². The molecule has 2 unspecified atom stereocenters. The average molecular weight is 215 g/mol. The number of nitrogens with two attached hydrogens (primary N) is 1. The van der Waals surface area contributed by atoms with Crippen molar-refractivity contribution in [1.82, 2.24) is 0 Å². The minimum atomic E-state index is -0.647. The average Bonchev–Trinajstić information content (AvgIpc) is 2.55. The Labute approximate surface area is 91.1 Å². The quantitative estimate of drug-likeness (QED) is 0.550. The molecule has 0 aromatic heterocycles. The highest BCUT2D eigenvalue weighted by atomic mass is 16.5. The van der Waals surface area contributed by atoms with Crippen LogP contribution in [0, 0.1) is 5.41 Å². The van der Waals surface area contributed by atoms with Crippen LogP contribution in [0.5, 0.6) is 0 Å². The largest absolute Gasteiger partial charge is 0.465 e. The molecule has 0 aromatic carbocycles. The van der Waals surface area contributed by atoms with Gasteiger partial charge in [0.25, 0.3) is 0 Å². The van der Waals surface area contributed by atoms with E-state index in [9.17, 15) is 4.79 Å². The van der Waals surface area contributed by atoms with Crippen molar-refractivity contribution in [3.8, 4) is 0 Å². The molecule has 1 fully saturated rings. The van der Waals surface area contributed by atoms with E-state index in [4.69, 9.17) is 15.2 Å². The Hall–Kier alpha value is -0.610. The van der Waals surface area contributed by atoms with E-state index < -0.39 is 5.41 Å². The van der Waals surface area contributed by atoms with E-state index in [0.717, 1.165) is 19.3 Å². The van der Waals surface area contributed by atoms with Crippen molar-refractivity contribution in [3.05, 3.63) is 0 Å². The van der Waals surface area contributed by atoms with Crippen molar-refractivity contribution in [1.29, 1.82) is 0 Å². The third-order valence-electron chi connectivity index (χ3n) is 2.97. The van der Waals surface area contributed by atoms with Crippen LogP contribution in [-0.4, -0.2) is 31.8 Å². The predicted molar refractivity (Wildman–Crippen MR) is 57.4 cm³/mol. The van der Waals surface area contributed by atoms with Gasteiger partial charge in [-0.2, -0.15) is 0 Å². The molecule has 0 aromatic rings. The third-order valence-corrected chi connectivity index (χ3v) is 2.97. The number of hydrogen-bond donors (Lipinski definition) is 1. The molecule has 0 bridgehead atoms. The normalized spacial score (nSPS) is 30.5. The highest BCUT2D eigenvalue weighted by Gasteiger charge is 2.45.